The van der Waals surface area contributed by atoms with E-state index in [2.05, 4.69) is 207 Å². The van der Waals surface area contributed by atoms with Gasteiger partial charge in [-0.05, 0) is 139 Å². The van der Waals surface area contributed by atoms with Gasteiger partial charge in [0, 0.05) is 36.0 Å². The number of hydrogen-bond donors (Lipinski definition) is 0. The third-order valence-corrected chi connectivity index (χ3v) is 14.0. The van der Waals surface area contributed by atoms with Crippen LogP contribution >= 0.6 is 8.16 Å². The summed E-state index contributed by atoms with van der Waals surface area (Å²) in [6.45, 7) is 22.7. The van der Waals surface area contributed by atoms with Gasteiger partial charge in [0.1, 0.15) is 0 Å². The van der Waals surface area contributed by atoms with E-state index in [0.29, 0.717) is 0 Å². The SMILES string of the molecule is Cc1cc(C(C)(C)C)cc(C)c1-c1ccc(-c2cc3ccccc3c3c2op(N(C)C)oc2c(-c4ccc(-c5c(C)cc(C(C)(C)C)cc5C)cc4)cc4ccccc4c23)cc1. The highest BCUT2D eigenvalue weighted by atomic mass is 31.1. The fourth-order valence-corrected chi connectivity index (χ4v) is 10.5. The van der Waals surface area contributed by atoms with Crippen LogP contribution in [-0.4, -0.2) is 14.1 Å². The van der Waals surface area contributed by atoms with Crippen molar-refractivity contribution < 1.29 is 8.39 Å². The zero-order valence-electron chi connectivity index (χ0n) is 38.4. The second-order valence-electron chi connectivity index (χ2n) is 19.6. The van der Waals surface area contributed by atoms with Crippen molar-refractivity contribution in [1.82, 2.24) is 0 Å². The van der Waals surface area contributed by atoms with Crippen LogP contribution < -0.4 is 4.67 Å². The summed E-state index contributed by atoms with van der Waals surface area (Å²) in [5.74, 6) is 0. The van der Waals surface area contributed by atoms with Gasteiger partial charge in [0.25, 0.3) is 0 Å². The van der Waals surface area contributed by atoms with E-state index in [0.717, 1.165) is 65.7 Å². The van der Waals surface area contributed by atoms with Crippen LogP contribution in [-0.2, 0) is 10.8 Å². The first-order valence-electron chi connectivity index (χ1n) is 21.9. The van der Waals surface area contributed by atoms with Gasteiger partial charge in [0.05, 0.1) is 0 Å². The Kier molecular flexibility index (Phi) is 10.4. The van der Waals surface area contributed by atoms with Gasteiger partial charge in [0.2, 0.25) is 0 Å². The van der Waals surface area contributed by atoms with Crippen LogP contribution in [0.25, 0.3) is 88.0 Å². The maximum Gasteiger partial charge on any atom is 0.309 e. The number of benzene rings is 8. The first-order valence-corrected chi connectivity index (χ1v) is 23.0. The summed E-state index contributed by atoms with van der Waals surface area (Å²) in [7, 11) is 2.55. The fourth-order valence-electron chi connectivity index (χ4n) is 9.45. The number of aryl methyl sites for hydroxylation is 4. The molecule has 9 rings (SSSR count). The molecule has 0 saturated heterocycles. The zero-order chi connectivity index (χ0) is 43.8. The highest BCUT2D eigenvalue weighted by molar-refractivity contribution is 7.38. The molecule has 0 N–H and O–H groups in total. The normalized spacial score (nSPS) is 12.3. The van der Waals surface area contributed by atoms with Crippen molar-refractivity contribution in [3.8, 4) is 44.5 Å². The van der Waals surface area contributed by atoms with E-state index in [4.69, 9.17) is 8.39 Å². The summed E-state index contributed by atoms with van der Waals surface area (Å²) in [5.41, 5.74) is 19.1. The van der Waals surface area contributed by atoms with Gasteiger partial charge in [-0.1, -0.05) is 163 Å². The lowest BCUT2D eigenvalue weighted by Crippen LogP contribution is -2.12. The predicted molar refractivity (Wildman–Crippen MR) is 269 cm³/mol. The third-order valence-electron chi connectivity index (χ3n) is 12.7. The standard InChI is InChI=1S/C58H58NO2P/c1-35-29-45(57(5,6)7)30-36(2)51(35)41-25-21-39(22-26-41)49-33-43-17-13-15-19-47(43)53-54-48-20-16-14-18-44(48)34-50(56(54)61-62(59(11)12)60-55(49)53)40-23-27-42(28-24-40)52-37(3)31-46(32-38(52)4)58(8,9)10/h13-34H,1-12H3. The average molecular weight is 832 g/mol. The van der Waals surface area contributed by atoms with E-state index >= 15 is 0 Å². The molecule has 9 aromatic rings. The van der Waals surface area contributed by atoms with Gasteiger partial charge in [0.15, 0.2) is 11.2 Å². The van der Waals surface area contributed by atoms with Crippen molar-refractivity contribution in [2.45, 2.75) is 80.1 Å². The monoisotopic (exact) mass is 831 g/mol. The molecule has 0 fully saturated rings. The Bertz CT molecular complexity index is 2980. The van der Waals surface area contributed by atoms with Crippen LogP contribution in [0.15, 0.2) is 142 Å². The van der Waals surface area contributed by atoms with Crippen LogP contribution in [0.3, 0.4) is 0 Å². The topological polar surface area (TPSA) is 29.5 Å². The lowest BCUT2D eigenvalue weighted by atomic mass is 9.82. The second kappa shape index (κ2) is 15.5. The summed E-state index contributed by atoms with van der Waals surface area (Å²) in [6.07, 6.45) is 0. The van der Waals surface area contributed by atoms with Gasteiger partial charge in [-0.15, -0.1) is 0 Å². The quantitative estimate of drug-likeness (QED) is 0.173. The molecule has 0 aliphatic heterocycles. The molecule has 62 heavy (non-hydrogen) atoms. The van der Waals surface area contributed by atoms with E-state index in [1.54, 1.807) is 0 Å². The Labute approximate surface area is 368 Å². The van der Waals surface area contributed by atoms with E-state index < -0.39 is 8.16 Å². The van der Waals surface area contributed by atoms with Crippen LogP contribution in [0.1, 0.15) is 74.9 Å². The largest absolute Gasteiger partial charge is 0.407 e. The summed E-state index contributed by atoms with van der Waals surface area (Å²) in [4.78, 5) is 0. The minimum Gasteiger partial charge on any atom is -0.407 e. The van der Waals surface area contributed by atoms with Crippen LogP contribution in [0, 0.1) is 27.7 Å². The molecule has 0 bridgehead atoms. The summed E-state index contributed by atoms with van der Waals surface area (Å²) < 4.78 is 16.6. The third kappa shape index (κ3) is 7.36. The van der Waals surface area contributed by atoms with E-state index in [1.165, 1.54) is 55.6 Å². The lowest BCUT2D eigenvalue weighted by molar-refractivity contribution is 0.589. The number of hydrogen-bond acceptors (Lipinski definition) is 3. The van der Waals surface area contributed by atoms with Crippen molar-refractivity contribution in [3.63, 3.8) is 0 Å². The molecule has 0 atom stereocenters. The minimum absolute atomic E-state index is 0.0918. The van der Waals surface area contributed by atoms with E-state index in [1.807, 2.05) is 14.1 Å². The predicted octanol–water partition coefficient (Wildman–Crippen LogP) is 17.3. The molecule has 0 amide bonds. The van der Waals surface area contributed by atoms with Gasteiger partial charge >= 0.3 is 8.16 Å². The van der Waals surface area contributed by atoms with Crippen molar-refractivity contribution in [2.75, 3.05) is 18.8 Å². The Morgan fingerprint density at radius 1 is 0.419 bits per heavy atom. The van der Waals surface area contributed by atoms with Crippen LogP contribution in [0.5, 0.6) is 0 Å². The zero-order valence-corrected chi connectivity index (χ0v) is 39.3. The van der Waals surface area contributed by atoms with Gasteiger partial charge in [-0.25, -0.2) is 4.67 Å². The van der Waals surface area contributed by atoms with Gasteiger partial charge in [-0.3, -0.25) is 0 Å². The molecule has 3 nitrogen and oxygen atoms in total. The Morgan fingerprint density at radius 3 is 1.06 bits per heavy atom. The number of nitrogens with zero attached hydrogens (tertiary/aromatic N) is 1. The van der Waals surface area contributed by atoms with Gasteiger partial charge < -0.3 is 8.39 Å². The Hall–Kier alpha value is -5.86. The molecule has 0 unspecified atom stereocenters. The molecular formula is C58H58NO2P. The molecular weight excluding hydrogens is 774 g/mol. The second-order valence-corrected chi connectivity index (χ2v) is 21.2. The fraction of sp³-hybridized carbons (Fsp3) is 0.241. The Morgan fingerprint density at radius 2 is 0.742 bits per heavy atom. The minimum atomic E-state index is -1.55. The molecule has 1 aromatic heterocycles. The maximum absolute atomic E-state index is 7.24. The number of fused-ring (bicyclic) bond motifs is 7. The molecule has 0 spiro atoms. The molecule has 4 heteroatoms. The molecule has 312 valence electrons. The average Bonchev–Trinajstić information content (AvgIpc) is 3.41. The van der Waals surface area contributed by atoms with E-state index in [-0.39, 0.29) is 10.8 Å². The Balaban J connectivity index is 1.30. The first kappa shape index (κ1) is 41.5. The van der Waals surface area contributed by atoms with Crippen molar-refractivity contribution in [1.29, 1.82) is 0 Å². The highest BCUT2D eigenvalue weighted by Crippen LogP contribution is 2.48. The van der Waals surface area contributed by atoms with Crippen molar-refractivity contribution >= 4 is 51.6 Å². The van der Waals surface area contributed by atoms with E-state index in [9.17, 15) is 0 Å². The molecule has 0 saturated carbocycles. The smallest absolute Gasteiger partial charge is 0.309 e. The van der Waals surface area contributed by atoms with Crippen molar-refractivity contribution in [2.24, 2.45) is 0 Å². The van der Waals surface area contributed by atoms with Gasteiger partial charge in [-0.2, -0.15) is 0 Å². The van der Waals surface area contributed by atoms with Crippen molar-refractivity contribution in [3.05, 3.63) is 167 Å². The maximum atomic E-state index is 7.24. The molecule has 1 heterocycles. The number of rotatable bonds is 5. The first-order chi connectivity index (χ1) is 29.5. The lowest BCUT2D eigenvalue weighted by Gasteiger charge is -2.22. The highest BCUT2D eigenvalue weighted by Gasteiger charge is 2.23. The summed E-state index contributed by atoms with van der Waals surface area (Å²) >= 11 is 0. The molecule has 8 aromatic carbocycles. The summed E-state index contributed by atoms with van der Waals surface area (Å²) in [6, 6.07) is 49.6. The van der Waals surface area contributed by atoms with Crippen LogP contribution in [0.4, 0.5) is 0 Å². The van der Waals surface area contributed by atoms with Crippen LogP contribution in [0.2, 0.25) is 0 Å². The summed E-state index contributed by atoms with van der Waals surface area (Å²) in [5, 5.41) is 6.71. The molecule has 0 radical (unpaired) electrons. The molecule has 0 aliphatic rings. The molecule has 0 aliphatic carbocycles.